The molecule has 0 atom stereocenters. The molecule has 0 aliphatic heterocycles. The molecular weight excluding hydrogens is 238 g/mol. The van der Waals surface area contributed by atoms with Crippen molar-refractivity contribution in [3.8, 4) is 0 Å². The highest BCUT2D eigenvalue weighted by Gasteiger charge is 2.04. The molecule has 0 unspecified atom stereocenters. The minimum atomic E-state index is 0.850. The van der Waals surface area contributed by atoms with E-state index >= 15 is 0 Å². The van der Waals surface area contributed by atoms with E-state index in [2.05, 4.69) is 28.0 Å². The van der Waals surface area contributed by atoms with Gasteiger partial charge >= 0.3 is 0 Å². The van der Waals surface area contributed by atoms with Crippen LogP contribution in [0.3, 0.4) is 0 Å². The molecule has 0 bridgehead atoms. The maximum Gasteiger partial charge on any atom is 0.185 e. The number of hydrogen-bond acceptors (Lipinski definition) is 5. The zero-order valence-corrected chi connectivity index (χ0v) is 11.3. The van der Waals surface area contributed by atoms with Gasteiger partial charge < -0.3 is 10.2 Å². The lowest BCUT2D eigenvalue weighted by atomic mass is 10.3. The Balaban J connectivity index is 1.97. The van der Waals surface area contributed by atoms with E-state index in [0.29, 0.717) is 0 Å². The van der Waals surface area contributed by atoms with Gasteiger partial charge in [0.15, 0.2) is 5.13 Å². The lowest BCUT2D eigenvalue weighted by molar-refractivity contribution is 1.10. The smallest absolute Gasteiger partial charge is 0.185 e. The van der Waals surface area contributed by atoms with Crippen molar-refractivity contribution < 1.29 is 0 Å². The average Bonchev–Trinajstić information content (AvgIpc) is 2.83. The van der Waals surface area contributed by atoms with Crippen LogP contribution in [-0.2, 0) is 6.54 Å². The van der Waals surface area contributed by atoms with Crippen molar-refractivity contribution in [2.45, 2.75) is 13.5 Å². The summed E-state index contributed by atoms with van der Waals surface area (Å²) in [4.78, 5) is 7.64. The minimum Gasteiger partial charge on any atom is -0.379 e. The molecule has 5 heteroatoms. The van der Waals surface area contributed by atoms with Crippen molar-refractivity contribution in [2.75, 3.05) is 24.3 Å². The fourth-order valence-corrected chi connectivity index (χ4v) is 2.89. The summed E-state index contributed by atoms with van der Waals surface area (Å²) < 4.78 is 0. The molecule has 0 aromatic carbocycles. The first-order chi connectivity index (χ1) is 7.66. The van der Waals surface area contributed by atoms with Crippen molar-refractivity contribution in [3.05, 3.63) is 27.4 Å². The van der Waals surface area contributed by atoms with E-state index in [-0.39, 0.29) is 0 Å². The van der Waals surface area contributed by atoms with Gasteiger partial charge in [-0.25, -0.2) is 4.98 Å². The van der Waals surface area contributed by atoms with Gasteiger partial charge in [0, 0.05) is 36.2 Å². The van der Waals surface area contributed by atoms with Crippen LogP contribution in [0.15, 0.2) is 17.0 Å². The van der Waals surface area contributed by atoms with Crippen LogP contribution < -0.4 is 10.2 Å². The normalized spacial score (nSPS) is 10.4. The van der Waals surface area contributed by atoms with Crippen LogP contribution in [0.2, 0.25) is 0 Å². The van der Waals surface area contributed by atoms with Crippen molar-refractivity contribution in [3.63, 3.8) is 0 Å². The molecule has 0 spiro atoms. The predicted molar refractivity (Wildman–Crippen MR) is 72.8 cm³/mol. The monoisotopic (exact) mass is 253 g/mol. The molecule has 2 rings (SSSR count). The van der Waals surface area contributed by atoms with Crippen LogP contribution in [0.5, 0.6) is 0 Å². The molecule has 0 saturated heterocycles. The summed E-state index contributed by atoms with van der Waals surface area (Å²) in [5, 5.41) is 8.77. The average molecular weight is 253 g/mol. The van der Waals surface area contributed by atoms with Crippen LogP contribution in [0, 0.1) is 6.92 Å². The van der Waals surface area contributed by atoms with Gasteiger partial charge in [-0.2, -0.15) is 0 Å². The topological polar surface area (TPSA) is 28.2 Å². The third kappa shape index (κ3) is 2.54. The lowest BCUT2D eigenvalue weighted by Gasteiger charge is -2.05. The second kappa shape index (κ2) is 4.84. The number of nitrogens with zero attached hydrogens (tertiary/aromatic N) is 2. The molecule has 3 nitrogen and oxygen atoms in total. The summed E-state index contributed by atoms with van der Waals surface area (Å²) in [7, 11) is 4.03. The Labute approximate surface area is 104 Å². The van der Waals surface area contributed by atoms with E-state index in [1.165, 1.54) is 16.1 Å². The summed E-state index contributed by atoms with van der Waals surface area (Å²) in [6, 6.07) is 0. The second-order valence-electron chi connectivity index (χ2n) is 3.83. The van der Waals surface area contributed by atoms with Crippen molar-refractivity contribution in [2.24, 2.45) is 0 Å². The first-order valence-electron chi connectivity index (χ1n) is 5.05. The number of aromatic nitrogens is 1. The number of anilines is 2. The molecule has 0 fully saturated rings. The van der Waals surface area contributed by atoms with E-state index in [4.69, 9.17) is 0 Å². The van der Waals surface area contributed by atoms with Gasteiger partial charge in [-0.3, -0.25) is 0 Å². The Morgan fingerprint density at radius 1 is 1.38 bits per heavy atom. The number of aryl methyl sites for hydroxylation is 1. The first-order valence-corrected chi connectivity index (χ1v) is 6.81. The summed E-state index contributed by atoms with van der Waals surface area (Å²) in [6.45, 7) is 2.97. The van der Waals surface area contributed by atoms with Gasteiger partial charge in [-0.05, 0) is 17.9 Å². The molecule has 0 radical (unpaired) electrons. The van der Waals surface area contributed by atoms with Gasteiger partial charge in [0.1, 0.15) is 0 Å². The quantitative estimate of drug-likeness (QED) is 0.907. The maximum atomic E-state index is 4.35. The number of rotatable bonds is 4. The highest BCUT2D eigenvalue weighted by atomic mass is 32.1. The zero-order chi connectivity index (χ0) is 11.5. The van der Waals surface area contributed by atoms with Crippen LogP contribution >= 0.6 is 22.7 Å². The van der Waals surface area contributed by atoms with E-state index in [1.54, 1.807) is 22.7 Å². The molecule has 0 amide bonds. The van der Waals surface area contributed by atoms with E-state index < -0.39 is 0 Å². The summed E-state index contributed by atoms with van der Waals surface area (Å²) in [5.74, 6) is 0. The molecule has 1 N–H and O–H groups in total. The molecule has 16 heavy (non-hydrogen) atoms. The Morgan fingerprint density at radius 3 is 2.75 bits per heavy atom. The first kappa shape index (κ1) is 11.4. The predicted octanol–water partition coefficient (Wildman–Crippen LogP) is 3.19. The Kier molecular flexibility index (Phi) is 3.46. The van der Waals surface area contributed by atoms with E-state index in [1.807, 2.05) is 25.2 Å². The maximum absolute atomic E-state index is 4.35. The standard InChI is InChI=1S/C11H15N3S2/c1-8-6-15-7-10(8)12-4-9-5-13-11(16-9)14(2)3/h5-7,12H,4H2,1-3H3. The summed E-state index contributed by atoms with van der Waals surface area (Å²) in [6.07, 6.45) is 1.94. The number of thiophene rings is 1. The Bertz CT molecular complexity index is 459. The molecule has 0 saturated carbocycles. The van der Waals surface area contributed by atoms with Crippen LogP contribution in [0.25, 0.3) is 0 Å². The van der Waals surface area contributed by atoms with Gasteiger partial charge in [0.25, 0.3) is 0 Å². The van der Waals surface area contributed by atoms with Crippen LogP contribution in [0.4, 0.5) is 10.8 Å². The molecule has 2 aromatic heterocycles. The van der Waals surface area contributed by atoms with Gasteiger partial charge in [0.05, 0.1) is 6.54 Å². The fraction of sp³-hybridized carbons (Fsp3) is 0.364. The Hall–Kier alpha value is -1.07. The summed E-state index contributed by atoms with van der Waals surface area (Å²) in [5.41, 5.74) is 2.53. The molecule has 2 heterocycles. The van der Waals surface area contributed by atoms with Gasteiger partial charge in [-0.1, -0.05) is 0 Å². The zero-order valence-electron chi connectivity index (χ0n) is 9.65. The van der Waals surface area contributed by atoms with Crippen LogP contribution in [-0.4, -0.2) is 19.1 Å². The second-order valence-corrected chi connectivity index (χ2v) is 5.66. The van der Waals surface area contributed by atoms with Crippen molar-refractivity contribution >= 4 is 33.5 Å². The molecule has 2 aromatic rings. The highest BCUT2D eigenvalue weighted by molar-refractivity contribution is 7.15. The SMILES string of the molecule is Cc1cscc1NCc1cnc(N(C)C)s1. The van der Waals surface area contributed by atoms with Crippen LogP contribution in [0.1, 0.15) is 10.4 Å². The Morgan fingerprint density at radius 2 is 2.19 bits per heavy atom. The summed E-state index contributed by atoms with van der Waals surface area (Å²) >= 11 is 3.45. The van der Waals surface area contributed by atoms with Gasteiger partial charge in [0.2, 0.25) is 0 Å². The fourth-order valence-electron chi connectivity index (χ4n) is 1.31. The van der Waals surface area contributed by atoms with Crippen molar-refractivity contribution in [1.82, 2.24) is 4.98 Å². The minimum absolute atomic E-state index is 0.850. The number of thiazole rings is 1. The molecular formula is C11H15N3S2. The lowest BCUT2D eigenvalue weighted by Crippen LogP contribution is -2.07. The van der Waals surface area contributed by atoms with Gasteiger partial charge in [-0.15, -0.1) is 22.7 Å². The highest BCUT2D eigenvalue weighted by Crippen LogP contribution is 2.23. The molecule has 0 aliphatic rings. The number of hydrogen-bond donors (Lipinski definition) is 1. The molecule has 0 aliphatic carbocycles. The third-order valence-electron chi connectivity index (χ3n) is 2.23. The molecule has 86 valence electrons. The number of nitrogens with one attached hydrogen (secondary N) is 1. The van der Waals surface area contributed by atoms with Crippen molar-refractivity contribution in [1.29, 1.82) is 0 Å². The third-order valence-corrected chi connectivity index (χ3v) is 4.26. The largest absolute Gasteiger partial charge is 0.379 e. The van der Waals surface area contributed by atoms with E-state index in [9.17, 15) is 0 Å². The van der Waals surface area contributed by atoms with E-state index in [0.717, 1.165) is 11.7 Å².